The fourth-order valence-electron chi connectivity index (χ4n) is 2.43. The molecular formula is C18H16BrN5O4. The Bertz CT molecular complexity index is 1030. The number of aliphatic hydroxyl groups is 1. The molecule has 0 aliphatic heterocycles. The van der Waals surface area contributed by atoms with Crippen molar-refractivity contribution in [3.63, 3.8) is 0 Å². The van der Waals surface area contributed by atoms with Crippen molar-refractivity contribution in [1.82, 2.24) is 9.78 Å². The first kappa shape index (κ1) is 21.0. The SMILES string of the molecule is COc1cc(/C=C(\C#N)c2nn(CCO)c(N)c2C#N)cc(Br)c1OC(C)=O. The molecule has 1 aromatic carbocycles. The molecule has 1 aromatic heterocycles. The number of allylic oxidation sites excluding steroid dienone is 1. The molecule has 0 aliphatic carbocycles. The van der Waals surface area contributed by atoms with Crippen molar-refractivity contribution in [1.29, 1.82) is 10.5 Å². The zero-order valence-corrected chi connectivity index (χ0v) is 16.6. The third-order valence-electron chi connectivity index (χ3n) is 3.60. The Labute approximate surface area is 169 Å². The fourth-order valence-corrected chi connectivity index (χ4v) is 2.97. The van der Waals surface area contributed by atoms with Gasteiger partial charge >= 0.3 is 5.97 Å². The van der Waals surface area contributed by atoms with Crippen molar-refractivity contribution in [2.24, 2.45) is 0 Å². The first-order chi connectivity index (χ1) is 13.4. The van der Waals surface area contributed by atoms with Gasteiger partial charge < -0.3 is 20.3 Å². The second-order valence-electron chi connectivity index (χ2n) is 5.46. The fraction of sp³-hybridized carbons (Fsp3) is 0.222. The third kappa shape index (κ3) is 4.31. The summed E-state index contributed by atoms with van der Waals surface area (Å²) in [6.45, 7) is 1.14. The number of methoxy groups -OCH3 is 1. The molecule has 0 atom stereocenters. The minimum Gasteiger partial charge on any atom is -0.493 e. The highest BCUT2D eigenvalue weighted by atomic mass is 79.9. The van der Waals surface area contributed by atoms with Crippen LogP contribution in [-0.2, 0) is 11.3 Å². The lowest BCUT2D eigenvalue weighted by molar-refractivity contribution is -0.132. The number of benzene rings is 1. The minimum absolute atomic E-state index is 0.0452. The first-order valence-corrected chi connectivity index (χ1v) is 8.70. The molecule has 0 spiro atoms. The number of nitrogens with zero attached hydrogens (tertiary/aromatic N) is 4. The Morgan fingerprint density at radius 3 is 2.71 bits per heavy atom. The van der Waals surface area contributed by atoms with Crippen LogP contribution in [-0.4, -0.2) is 34.6 Å². The minimum atomic E-state index is -0.511. The lowest BCUT2D eigenvalue weighted by Gasteiger charge is -2.11. The summed E-state index contributed by atoms with van der Waals surface area (Å²) in [5, 5.41) is 32.2. The number of nitrogens with two attached hydrogens (primary N) is 1. The lowest BCUT2D eigenvalue weighted by Crippen LogP contribution is -2.07. The van der Waals surface area contributed by atoms with Gasteiger partial charge in [0.05, 0.1) is 30.3 Å². The van der Waals surface area contributed by atoms with Crippen molar-refractivity contribution >= 4 is 39.4 Å². The van der Waals surface area contributed by atoms with Gasteiger partial charge in [-0.25, -0.2) is 4.68 Å². The van der Waals surface area contributed by atoms with Crippen LogP contribution in [0.1, 0.15) is 23.7 Å². The van der Waals surface area contributed by atoms with E-state index in [1.165, 1.54) is 24.8 Å². The molecule has 0 aliphatic rings. The molecule has 0 fully saturated rings. The molecule has 1 heterocycles. The second-order valence-corrected chi connectivity index (χ2v) is 6.32. The molecule has 10 heteroatoms. The molecule has 144 valence electrons. The van der Waals surface area contributed by atoms with Crippen LogP contribution >= 0.6 is 15.9 Å². The highest BCUT2D eigenvalue weighted by molar-refractivity contribution is 9.10. The number of aromatic nitrogens is 2. The summed E-state index contributed by atoms with van der Waals surface area (Å²) in [5.74, 6) is 0.0408. The molecule has 3 N–H and O–H groups in total. The van der Waals surface area contributed by atoms with Gasteiger partial charge in [-0.3, -0.25) is 4.79 Å². The van der Waals surface area contributed by atoms with Crippen LogP contribution in [0.5, 0.6) is 11.5 Å². The van der Waals surface area contributed by atoms with Gasteiger partial charge in [-0.1, -0.05) is 0 Å². The lowest BCUT2D eigenvalue weighted by atomic mass is 10.1. The number of halogens is 1. The van der Waals surface area contributed by atoms with E-state index in [-0.39, 0.29) is 47.3 Å². The van der Waals surface area contributed by atoms with Crippen molar-refractivity contribution in [2.45, 2.75) is 13.5 Å². The van der Waals surface area contributed by atoms with E-state index in [4.69, 9.17) is 20.3 Å². The van der Waals surface area contributed by atoms with E-state index >= 15 is 0 Å². The van der Waals surface area contributed by atoms with Gasteiger partial charge in [-0.2, -0.15) is 15.6 Å². The van der Waals surface area contributed by atoms with E-state index in [2.05, 4.69) is 21.0 Å². The first-order valence-electron chi connectivity index (χ1n) is 7.91. The highest BCUT2D eigenvalue weighted by Crippen LogP contribution is 2.38. The van der Waals surface area contributed by atoms with E-state index in [9.17, 15) is 15.3 Å². The van der Waals surface area contributed by atoms with Gasteiger partial charge in [0, 0.05) is 6.92 Å². The maximum Gasteiger partial charge on any atom is 0.308 e. The number of aliphatic hydroxyl groups excluding tert-OH is 1. The largest absolute Gasteiger partial charge is 0.493 e. The highest BCUT2D eigenvalue weighted by Gasteiger charge is 2.20. The van der Waals surface area contributed by atoms with Crippen LogP contribution in [0.2, 0.25) is 0 Å². The summed E-state index contributed by atoms with van der Waals surface area (Å²) in [4.78, 5) is 11.3. The van der Waals surface area contributed by atoms with Crippen LogP contribution in [0.15, 0.2) is 16.6 Å². The van der Waals surface area contributed by atoms with E-state index in [0.717, 1.165) is 0 Å². The monoisotopic (exact) mass is 445 g/mol. The van der Waals surface area contributed by atoms with Crippen LogP contribution in [0, 0.1) is 22.7 Å². The predicted molar refractivity (Wildman–Crippen MR) is 104 cm³/mol. The number of hydrogen-bond acceptors (Lipinski definition) is 8. The van der Waals surface area contributed by atoms with Gasteiger partial charge in [0.25, 0.3) is 0 Å². The van der Waals surface area contributed by atoms with Crippen molar-refractivity contribution < 1.29 is 19.4 Å². The molecule has 0 saturated heterocycles. The average Bonchev–Trinajstić information content (AvgIpc) is 2.97. The number of anilines is 1. The number of ether oxygens (including phenoxy) is 2. The molecule has 9 nitrogen and oxygen atoms in total. The Kier molecular flexibility index (Phi) is 6.77. The van der Waals surface area contributed by atoms with Crippen molar-refractivity contribution in [3.05, 3.63) is 33.4 Å². The van der Waals surface area contributed by atoms with E-state index in [1.807, 2.05) is 12.1 Å². The predicted octanol–water partition coefficient (Wildman–Crippen LogP) is 2.09. The molecular weight excluding hydrogens is 430 g/mol. The molecule has 0 radical (unpaired) electrons. The topological polar surface area (TPSA) is 147 Å². The summed E-state index contributed by atoms with van der Waals surface area (Å²) in [5.41, 5.74) is 6.66. The number of nitrogen functional groups attached to an aromatic ring is 1. The van der Waals surface area contributed by atoms with Crippen LogP contribution < -0.4 is 15.2 Å². The normalized spacial score (nSPS) is 10.9. The number of rotatable bonds is 6. The Hall–Kier alpha value is -3.34. The second kappa shape index (κ2) is 9.04. The molecule has 0 amide bonds. The molecule has 2 aromatic rings. The van der Waals surface area contributed by atoms with Crippen LogP contribution in [0.4, 0.5) is 5.82 Å². The Balaban J connectivity index is 2.59. The standard InChI is InChI=1S/C18H16BrN5O4/c1-10(26)28-17-14(19)6-11(7-15(17)27-2)5-12(8-20)16-13(9-21)18(22)24(23-16)3-4-25/h5-7,25H,3-4,22H2,1-2H3/b12-5+. The van der Waals surface area contributed by atoms with Gasteiger partial charge in [-0.05, 0) is 39.7 Å². The number of hydrogen-bond donors (Lipinski definition) is 2. The van der Waals surface area contributed by atoms with Gasteiger partial charge in [-0.15, -0.1) is 0 Å². The molecule has 28 heavy (non-hydrogen) atoms. The van der Waals surface area contributed by atoms with E-state index in [1.54, 1.807) is 12.1 Å². The van der Waals surface area contributed by atoms with E-state index in [0.29, 0.717) is 10.0 Å². The Morgan fingerprint density at radius 2 is 2.18 bits per heavy atom. The molecule has 0 bridgehead atoms. The Morgan fingerprint density at radius 1 is 1.46 bits per heavy atom. The number of nitriles is 2. The molecule has 2 rings (SSSR count). The van der Waals surface area contributed by atoms with Crippen LogP contribution in [0.25, 0.3) is 11.6 Å². The summed E-state index contributed by atoms with van der Waals surface area (Å²) in [6.07, 6.45) is 1.50. The number of carbonyl (C=O) groups is 1. The van der Waals surface area contributed by atoms with Crippen molar-refractivity contribution in [3.8, 4) is 23.6 Å². The molecule has 0 saturated carbocycles. The number of esters is 1. The smallest absolute Gasteiger partial charge is 0.308 e. The zero-order valence-electron chi connectivity index (χ0n) is 15.1. The summed E-state index contributed by atoms with van der Waals surface area (Å²) in [6, 6.07) is 7.13. The average molecular weight is 446 g/mol. The summed E-state index contributed by atoms with van der Waals surface area (Å²) in [7, 11) is 1.42. The van der Waals surface area contributed by atoms with Crippen LogP contribution in [0.3, 0.4) is 0 Å². The maximum atomic E-state index is 11.3. The van der Waals surface area contributed by atoms with Gasteiger partial charge in [0.1, 0.15) is 29.2 Å². The number of carbonyl (C=O) groups excluding carboxylic acids is 1. The third-order valence-corrected chi connectivity index (χ3v) is 4.19. The molecule has 0 unspecified atom stereocenters. The van der Waals surface area contributed by atoms with Crippen molar-refractivity contribution in [2.75, 3.05) is 19.5 Å². The maximum absolute atomic E-state index is 11.3. The van der Waals surface area contributed by atoms with Gasteiger partial charge in [0.15, 0.2) is 11.5 Å². The van der Waals surface area contributed by atoms with Gasteiger partial charge in [0.2, 0.25) is 0 Å². The summed E-state index contributed by atoms with van der Waals surface area (Å²) < 4.78 is 12.1. The van der Waals surface area contributed by atoms with E-state index < -0.39 is 5.97 Å². The quantitative estimate of drug-likeness (QED) is 0.390. The summed E-state index contributed by atoms with van der Waals surface area (Å²) >= 11 is 3.31. The zero-order chi connectivity index (χ0) is 20.8.